The number of nitrogens with zero attached hydrogens (tertiary/aromatic N) is 2. The van der Waals surface area contributed by atoms with Crippen molar-refractivity contribution >= 4 is 15.9 Å². The van der Waals surface area contributed by atoms with Crippen molar-refractivity contribution in [2.45, 2.75) is 24.4 Å². The van der Waals surface area contributed by atoms with Gasteiger partial charge in [0.05, 0.1) is 24.3 Å². The number of rotatable bonds is 7. The van der Waals surface area contributed by atoms with Crippen LogP contribution in [0.2, 0.25) is 0 Å². The highest BCUT2D eigenvalue weighted by Gasteiger charge is 2.23. The molecule has 0 unspecified atom stereocenters. The number of hydrogen-bond donors (Lipinski definition) is 1. The number of ether oxygens (including phenoxy) is 1. The van der Waals surface area contributed by atoms with E-state index in [1.165, 1.54) is 29.5 Å². The van der Waals surface area contributed by atoms with Crippen molar-refractivity contribution in [2.24, 2.45) is 0 Å². The van der Waals surface area contributed by atoms with Crippen molar-refractivity contribution < 1.29 is 22.4 Å². The second-order valence-corrected chi connectivity index (χ2v) is 10.3. The maximum Gasteiger partial charge on any atom is 0.253 e. The third-order valence-corrected chi connectivity index (χ3v) is 7.66. The Bertz CT molecular complexity index is 1250. The fraction of sp³-hybridized carbons (Fsp3) is 0.320. The smallest absolute Gasteiger partial charge is 0.253 e. The van der Waals surface area contributed by atoms with Gasteiger partial charge in [-0.2, -0.15) is 0 Å². The molecule has 0 bridgehead atoms. The highest BCUT2D eigenvalue weighted by atomic mass is 32.2. The van der Waals surface area contributed by atoms with Gasteiger partial charge in [-0.15, -0.1) is 0 Å². The molecule has 1 saturated heterocycles. The Balaban J connectivity index is 1.14. The van der Waals surface area contributed by atoms with Gasteiger partial charge in [0.25, 0.3) is 5.91 Å². The summed E-state index contributed by atoms with van der Waals surface area (Å²) in [7, 11) is -3.69. The summed E-state index contributed by atoms with van der Waals surface area (Å²) < 4.78 is 38.2. The van der Waals surface area contributed by atoms with Gasteiger partial charge in [0.2, 0.25) is 10.0 Å². The van der Waals surface area contributed by atoms with Crippen LogP contribution in [0.15, 0.2) is 70.2 Å². The second-order valence-electron chi connectivity index (χ2n) is 8.54. The lowest BCUT2D eigenvalue weighted by molar-refractivity contribution is 0.0628. The normalized spacial score (nSPS) is 16.3. The third kappa shape index (κ3) is 5.01. The Morgan fingerprint density at radius 2 is 1.79 bits per heavy atom. The summed E-state index contributed by atoms with van der Waals surface area (Å²) in [5, 5.41) is 0. The van der Waals surface area contributed by atoms with Gasteiger partial charge < -0.3 is 14.1 Å². The van der Waals surface area contributed by atoms with E-state index < -0.39 is 10.0 Å². The SMILES string of the molecule is O=C(c1ccc(S(=O)(=O)NCc2ccco2)cc1)N1CCN(Cc2ccc3c(c2)CCO3)CC1. The van der Waals surface area contributed by atoms with E-state index in [4.69, 9.17) is 9.15 Å². The van der Waals surface area contributed by atoms with Crippen molar-refractivity contribution in [1.29, 1.82) is 0 Å². The molecule has 3 aromatic rings. The molecule has 0 saturated carbocycles. The van der Waals surface area contributed by atoms with Gasteiger partial charge in [0.1, 0.15) is 11.5 Å². The zero-order chi connectivity index (χ0) is 23.5. The summed E-state index contributed by atoms with van der Waals surface area (Å²) in [5.41, 5.74) is 3.02. The molecule has 1 N–H and O–H groups in total. The molecule has 2 aromatic carbocycles. The van der Waals surface area contributed by atoms with Crippen LogP contribution >= 0.6 is 0 Å². The highest BCUT2D eigenvalue weighted by Crippen LogP contribution is 2.26. The molecule has 3 heterocycles. The molecule has 0 radical (unpaired) electrons. The molecule has 9 heteroatoms. The molecule has 1 fully saturated rings. The minimum Gasteiger partial charge on any atom is -0.493 e. The molecule has 0 atom stereocenters. The monoisotopic (exact) mass is 481 g/mol. The first-order valence-electron chi connectivity index (χ1n) is 11.4. The number of carbonyl (C=O) groups is 1. The van der Waals surface area contributed by atoms with Crippen LogP contribution in [0, 0.1) is 0 Å². The quantitative estimate of drug-likeness (QED) is 0.558. The molecule has 178 valence electrons. The van der Waals surface area contributed by atoms with Crippen LogP contribution in [-0.4, -0.2) is 56.9 Å². The number of piperazine rings is 1. The summed E-state index contributed by atoms with van der Waals surface area (Å²) >= 11 is 0. The van der Waals surface area contributed by atoms with Crippen LogP contribution in [0.1, 0.15) is 27.2 Å². The van der Waals surface area contributed by atoms with E-state index in [1.807, 2.05) is 11.0 Å². The van der Waals surface area contributed by atoms with E-state index in [0.717, 1.165) is 38.4 Å². The lowest BCUT2D eigenvalue weighted by Crippen LogP contribution is -2.48. The molecule has 0 aliphatic carbocycles. The zero-order valence-electron chi connectivity index (χ0n) is 18.8. The fourth-order valence-electron chi connectivity index (χ4n) is 4.33. The molecule has 8 nitrogen and oxygen atoms in total. The van der Waals surface area contributed by atoms with E-state index in [-0.39, 0.29) is 17.3 Å². The summed E-state index contributed by atoms with van der Waals surface area (Å²) in [6.45, 7) is 4.54. The molecular formula is C25H27N3O5S. The summed E-state index contributed by atoms with van der Waals surface area (Å²) in [6, 6.07) is 15.9. The van der Waals surface area contributed by atoms with E-state index in [9.17, 15) is 13.2 Å². The molecule has 1 aromatic heterocycles. The molecule has 5 rings (SSSR count). The van der Waals surface area contributed by atoms with Crippen molar-refractivity contribution in [2.75, 3.05) is 32.8 Å². The number of fused-ring (bicyclic) bond motifs is 1. The molecule has 34 heavy (non-hydrogen) atoms. The van der Waals surface area contributed by atoms with Gasteiger partial charge in [-0.1, -0.05) is 12.1 Å². The minimum absolute atomic E-state index is 0.0690. The Hall–Kier alpha value is -3.14. The number of carbonyl (C=O) groups excluding carboxylic acids is 1. The standard InChI is InChI=1S/C25H27N3O5S/c29-25(20-4-6-23(7-5-20)34(30,31)26-17-22-2-1-14-32-22)28-12-10-27(11-13-28)18-19-3-8-24-21(16-19)9-15-33-24/h1-8,14,16,26H,9-13,15,17-18H2. The predicted molar refractivity (Wildman–Crippen MR) is 126 cm³/mol. The largest absolute Gasteiger partial charge is 0.493 e. The fourth-order valence-corrected chi connectivity index (χ4v) is 5.32. The van der Waals surface area contributed by atoms with Gasteiger partial charge >= 0.3 is 0 Å². The molecule has 1 amide bonds. The third-order valence-electron chi connectivity index (χ3n) is 6.25. The van der Waals surface area contributed by atoms with Gasteiger partial charge in [-0.05, 0) is 53.6 Å². The van der Waals surface area contributed by atoms with Gasteiger partial charge in [-0.3, -0.25) is 9.69 Å². The molecule has 2 aliphatic heterocycles. The number of hydrogen-bond acceptors (Lipinski definition) is 6. The van der Waals surface area contributed by atoms with E-state index in [0.29, 0.717) is 24.4 Å². The van der Waals surface area contributed by atoms with Crippen molar-refractivity contribution in [3.63, 3.8) is 0 Å². The number of nitrogens with one attached hydrogen (secondary N) is 1. The van der Waals surface area contributed by atoms with Crippen LogP contribution < -0.4 is 9.46 Å². The predicted octanol–water partition coefficient (Wildman–Crippen LogP) is 2.65. The van der Waals surface area contributed by atoms with E-state index in [1.54, 1.807) is 24.3 Å². The number of furan rings is 1. The van der Waals surface area contributed by atoms with Crippen molar-refractivity contribution in [3.05, 3.63) is 83.3 Å². The van der Waals surface area contributed by atoms with Crippen LogP contribution in [-0.2, 0) is 29.5 Å². The van der Waals surface area contributed by atoms with Gasteiger partial charge in [0, 0.05) is 44.7 Å². The Labute approximate surface area is 199 Å². The number of amides is 1. The first kappa shape index (κ1) is 22.6. The highest BCUT2D eigenvalue weighted by molar-refractivity contribution is 7.89. The van der Waals surface area contributed by atoms with E-state index in [2.05, 4.69) is 21.8 Å². The van der Waals surface area contributed by atoms with Gasteiger partial charge in [0.15, 0.2) is 0 Å². The maximum absolute atomic E-state index is 13.0. The summed E-state index contributed by atoms with van der Waals surface area (Å²) in [6.07, 6.45) is 2.46. The summed E-state index contributed by atoms with van der Waals surface area (Å²) in [4.78, 5) is 17.2. The molecule has 0 spiro atoms. The van der Waals surface area contributed by atoms with E-state index >= 15 is 0 Å². The zero-order valence-corrected chi connectivity index (χ0v) is 19.6. The van der Waals surface area contributed by atoms with Crippen LogP contribution in [0.25, 0.3) is 0 Å². The lowest BCUT2D eigenvalue weighted by atomic mass is 10.1. The number of sulfonamides is 1. The number of benzene rings is 2. The Morgan fingerprint density at radius 1 is 1.00 bits per heavy atom. The van der Waals surface area contributed by atoms with Gasteiger partial charge in [-0.25, -0.2) is 13.1 Å². The van der Waals surface area contributed by atoms with Crippen molar-refractivity contribution in [1.82, 2.24) is 14.5 Å². The maximum atomic E-state index is 13.0. The van der Waals surface area contributed by atoms with Crippen molar-refractivity contribution in [3.8, 4) is 5.75 Å². The molecule has 2 aliphatic rings. The van der Waals surface area contributed by atoms with Crippen LogP contribution in [0.3, 0.4) is 0 Å². The minimum atomic E-state index is -3.69. The lowest BCUT2D eigenvalue weighted by Gasteiger charge is -2.35. The average molecular weight is 482 g/mol. The first-order chi connectivity index (χ1) is 16.5. The first-order valence-corrected chi connectivity index (χ1v) is 12.8. The van der Waals surface area contributed by atoms with Crippen LogP contribution in [0.4, 0.5) is 0 Å². The second kappa shape index (κ2) is 9.61. The molecular weight excluding hydrogens is 454 g/mol. The summed E-state index contributed by atoms with van der Waals surface area (Å²) in [5.74, 6) is 1.44. The average Bonchev–Trinajstić information content (AvgIpc) is 3.55. The Kier molecular flexibility index (Phi) is 6.40. The van der Waals surface area contributed by atoms with Crippen LogP contribution in [0.5, 0.6) is 5.75 Å². The topological polar surface area (TPSA) is 92.1 Å². The Morgan fingerprint density at radius 3 is 2.53 bits per heavy atom.